The molecule has 0 spiro atoms. The lowest BCUT2D eigenvalue weighted by molar-refractivity contribution is -0.112. The number of fused-ring (bicyclic) bond motifs is 1. The van der Waals surface area contributed by atoms with E-state index in [2.05, 4.69) is 11.4 Å². The van der Waals surface area contributed by atoms with Gasteiger partial charge in [-0.15, -0.1) is 0 Å². The molecule has 120 valence electrons. The molecular formula is C20H19N3O. The zero-order chi connectivity index (χ0) is 16.9. The number of aryl methyl sites for hydroxylation is 2. The summed E-state index contributed by atoms with van der Waals surface area (Å²) in [6.07, 6.45) is 3.69. The maximum atomic E-state index is 12.4. The highest BCUT2D eigenvalue weighted by Crippen LogP contribution is 2.27. The normalized spacial score (nSPS) is 13.8. The molecule has 1 aliphatic heterocycles. The summed E-state index contributed by atoms with van der Waals surface area (Å²) in [5.74, 6) is -0.385. The van der Waals surface area contributed by atoms with Crippen molar-refractivity contribution in [3.63, 3.8) is 0 Å². The fourth-order valence-electron chi connectivity index (χ4n) is 2.83. The Balaban J connectivity index is 1.81. The molecule has 1 N–H and O–H groups in total. The average molecular weight is 317 g/mol. The number of nitriles is 1. The fourth-order valence-corrected chi connectivity index (χ4v) is 2.83. The number of nitrogens with zero attached hydrogens (tertiary/aromatic N) is 2. The van der Waals surface area contributed by atoms with Crippen molar-refractivity contribution >= 4 is 17.3 Å². The molecule has 0 aliphatic carbocycles. The molecule has 0 fully saturated rings. The minimum atomic E-state index is -0.385. The summed E-state index contributed by atoms with van der Waals surface area (Å²) in [5.41, 5.74) is 4.22. The third-order valence-electron chi connectivity index (χ3n) is 4.11. The second kappa shape index (κ2) is 7.01. The third kappa shape index (κ3) is 3.47. The number of para-hydroxylation sites is 1. The van der Waals surface area contributed by atoms with E-state index in [0.29, 0.717) is 5.69 Å². The van der Waals surface area contributed by atoms with Crippen LogP contribution in [0.2, 0.25) is 0 Å². The lowest BCUT2D eigenvalue weighted by Gasteiger charge is -2.28. The number of hydrogen-bond donors (Lipinski definition) is 1. The van der Waals surface area contributed by atoms with Gasteiger partial charge in [0.05, 0.1) is 0 Å². The van der Waals surface area contributed by atoms with Crippen LogP contribution in [0, 0.1) is 18.3 Å². The number of carbonyl (C=O) groups excluding carboxylic acids is 1. The van der Waals surface area contributed by atoms with Crippen LogP contribution in [0.25, 0.3) is 0 Å². The minimum Gasteiger partial charge on any atom is -0.346 e. The van der Waals surface area contributed by atoms with Crippen molar-refractivity contribution < 1.29 is 4.79 Å². The van der Waals surface area contributed by atoms with E-state index < -0.39 is 0 Å². The monoisotopic (exact) mass is 317 g/mol. The van der Waals surface area contributed by atoms with Crippen LogP contribution in [0.1, 0.15) is 17.5 Å². The predicted molar refractivity (Wildman–Crippen MR) is 95.6 cm³/mol. The number of benzene rings is 2. The zero-order valence-electron chi connectivity index (χ0n) is 13.6. The molecule has 0 saturated heterocycles. The molecule has 1 heterocycles. The largest absolute Gasteiger partial charge is 0.346 e. The van der Waals surface area contributed by atoms with Crippen molar-refractivity contribution in [3.8, 4) is 6.07 Å². The van der Waals surface area contributed by atoms with Crippen molar-refractivity contribution in [2.45, 2.75) is 19.8 Å². The van der Waals surface area contributed by atoms with Gasteiger partial charge in [0.15, 0.2) is 0 Å². The summed E-state index contributed by atoms with van der Waals surface area (Å²) in [5, 5.41) is 12.2. The SMILES string of the molecule is Cc1ccc(NC(=O)/C(C#N)=C\N2CCCc3ccccc32)cc1. The second-order valence-electron chi connectivity index (χ2n) is 5.90. The fraction of sp³-hybridized carbons (Fsp3) is 0.200. The summed E-state index contributed by atoms with van der Waals surface area (Å²) in [6, 6.07) is 17.6. The Morgan fingerprint density at radius 1 is 1.21 bits per heavy atom. The molecule has 0 unspecified atom stereocenters. The van der Waals surface area contributed by atoms with E-state index in [9.17, 15) is 10.1 Å². The van der Waals surface area contributed by atoms with Gasteiger partial charge in [0.25, 0.3) is 5.91 Å². The molecule has 3 rings (SSSR count). The first-order chi connectivity index (χ1) is 11.7. The molecule has 4 heteroatoms. The number of hydrogen-bond acceptors (Lipinski definition) is 3. The summed E-state index contributed by atoms with van der Waals surface area (Å²) in [4.78, 5) is 14.4. The highest BCUT2D eigenvalue weighted by molar-refractivity contribution is 6.06. The van der Waals surface area contributed by atoms with Crippen molar-refractivity contribution in [1.29, 1.82) is 5.26 Å². The van der Waals surface area contributed by atoms with Crippen LogP contribution in [0.15, 0.2) is 60.3 Å². The number of carbonyl (C=O) groups is 1. The molecule has 0 radical (unpaired) electrons. The first-order valence-electron chi connectivity index (χ1n) is 8.02. The number of rotatable bonds is 3. The predicted octanol–water partition coefficient (Wildman–Crippen LogP) is 3.79. The first kappa shape index (κ1) is 15.8. The Hall–Kier alpha value is -3.06. The average Bonchev–Trinajstić information content (AvgIpc) is 2.61. The summed E-state index contributed by atoms with van der Waals surface area (Å²) in [7, 11) is 0. The molecular weight excluding hydrogens is 298 g/mol. The second-order valence-corrected chi connectivity index (χ2v) is 5.90. The van der Waals surface area contributed by atoms with Crippen LogP contribution >= 0.6 is 0 Å². The van der Waals surface area contributed by atoms with Gasteiger partial charge in [-0.1, -0.05) is 35.9 Å². The van der Waals surface area contributed by atoms with Crippen LogP contribution in [-0.4, -0.2) is 12.5 Å². The van der Waals surface area contributed by atoms with Crippen LogP contribution in [0.3, 0.4) is 0 Å². The van der Waals surface area contributed by atoms with Crippen LogP contribution < -0.4 is 10.2 Å². The minimum absolute atomic E-state index is 0.104. The Labute approximate surface area is 142 Å². The van der Waals surface area contributed by atoms with E-state index >= 15 is 0 Å². The lowest BCUT2D eigenvalue weighted by Crippen LogP contribution is -2.26. The van der Waals surface area contributed by atoms with E-state index in [1.807, 2.05) is 60.4 Å². The van der Waals surface area contributed by atoms with E-state index in [1.54, 1.807) is 6.20 Å². The van der Waals surface area contributed by atoms with Gasteiger partial charge in [0, 0.05) is 24.1 Å². The number of nitrogens with one attached hydrogen (secondary N) is 1. The van der Waals surface area contributed by atoms with Gasteiger partial charge < -0.3 is 10.2 Å². The third-order valence-corrected chi connectivity index (χ3v) is 4.11. The number of anilines is 2. The molecule has 2 aromatic rings. The maximum absolute atomic E-state index is 12.4. The van der Waals surface area contributed by atoms with Gasteiger partial charge in [-0.3, -0.25) is 4.79 Å². The highest BCUT2D eigenvalue weighted by atomic mass is 16.1. The Morgan fingerprint density at radius 2 is 1.96 bits per heavy atom. The molecule has 0 aromatic heterocycles. The smallest absolute Gasteiger partial charge is 0.267 e. The molecule has 0 bridgehead atoms. The van der Waals surface area contributed by atoms with E-state index in [1.165, 1.54) is 5.56 Å². The summed E-state index contributed by atoms with van der Waals surface area (Å²) >= 11 is 0. The molecule has 1 amide bonds. The molecule has 1 aliphatic rings. The summed E-state index contributed by atoms with van der Waals surface area (Å²) < 4.78 is 0. The lowest BCUT2D eigenvalue weighted by atomic mass is 10.0. The number of amides is 1. The Kier molecular flexibility index (Phi) is 4.62. The molecule has 0 saturated carbocycles. The van der Waals surface area contributed by atoms with Crippen molar-refractivity contribution in [3.05, 3.63) is 71.4 Å². The van der Waals surface area contributed by atoms with E-state index in [4.69, 9.17) is 0 Å². The van der Waals surface area contributed by atoms with Gasteiger partial charge in [-0.2, -0.15) is 5.26 Å². The quantitative estimate of drug-likeness (QED) is 0.692. The van der Waals surface area contributed by atoms with Crippen molar-refractivity contribution in [2.75, 3.05) is 16.8 Å². The van der Waals surface area contributed by atoms with Crippen LogP contribution in [0.4, 0.5) is 11.4 Å². The topological polar surface area (TPSA) is 56.1 Å². The van der Waals surface area contributed by atoms with Gasteiger partial charge in [0.1, 0.15) is 11.6 Å². The van der Waals surface area contributed by atoms with E-state index in [-0.39, 0.29) is 11.5 Å². The zero-order valence-corrected chi connectivity index (χ0v) is 13.6. The van der Waals surface area contributed by atoms with Crippen LogP contribution in [-0.2, 0) is 11.2 Å². The van der Waals surface area contributed by atoms with Gasteiger partial charge in [0.2, 0.25) is 0 Å². The highest BCUT2D eigenvalue weighted by Gasteiger charge is 2.17. The van der Waals surface area contributed by atoms with Crippen LogP contribution in [0.5, 0.6) is 0 Å². The molecule has 0 atom stereocenters. The molecule has 24 heavy (non-hydrogen) atoms. The maximum Gasteiger partial charge on any atom is 0.267 e. The Bertz CT molecular complexity index is 816. The summed E-state index contributed by atoms with van der Waals surface area (Å²) in [6.45, 7) is 2.79. The van der Waals surface area contributed by atoms with Crippen molar-refractivity contribution in [2.24, 2.45) is 0 Å². The van der Waals surface area contributed by atoms with Crippen molar-refractivity contribution in [1.82, 2.24) is 0 Å². The Morgan fingerprint density at radius 3 is 2.71 bits per heavy atom. The molecule has 4 nitrogen and oxygen atoms in total. The standard InChI is InChI=1S/C20H19N3O/c1-15-8-10-18(11-9-15)22-20(24)17(13-21)14-23-12-4-6-16-5-2-3-7-19(16)23/h2-3,5,7-11,14H,4,6,12H2,1H3,(H,22,24)/b17-14-. The first-order valence-corrected chi connectivity index (χ1v) is 8.02. The van der Waals surface area contributed by atoms with Gasteiger partial charge >= 0.3 is 0 Å². The van der Waals surface area contributed by atoms with Gasteiger partial charge in [-0.05, 0) is 43.5 Å². The van der Waals surface area contributed by atoms with E-state index in [0.717, 1.165) is 30.6 Å². The molecule has 2 aromatic carbocycles. The van der Waals surface area contributed by atoms with Gasteiger partial charge in [-0.25, -0.2) is 0 Å².